The number of carbonyl (C=O) groups is 2. The molecule has 1 spiro atoms. The molecule has 1 unspecified atom stereocenters. The van der Waals surface area contributed by atoms with Gasteiger partial charge in [0.15, 0.2) is 11.4 Å². The molecule has 1 aromatic carbocycles. The number of aryl methyl sites for hydroxylation is 1. The smallest absolute Gasteiger partial charge is 0.256 e. The van der Waals surface area contributed by atoms with Crippen LogP contribution >= 0.6 is 0 Å². The normalized spacial score (nSPS) is 21.7. The van der Waals surface area contributed by atoms with E-state index in [1.165, 1.54) is 0 Å². The molecule has 0 N–H and O–H groups in total. The van der Waals surface area contributed by atoms with E-state index < -0.39 is 5.60 Å². The number of rotatable bonds is 1. The highest BCUT2D eigenvalue weighted by atomic mass is 16.5. The van der Waals surface area contributed by atoms with Gasteiger partial charge in [0.05, 0.1) is 23.9 Å². The first-order valence-electron chi connectivity index (χ1n) is 9.93. The number of benzene rings is 1. The van der Waals surface area contributed by atoms with E-state index in [1.807, 2.05) is 40.8 Å². The molecule has 1 atom stereocenters. The van der Waals surface area contributed by atoms with Crippen LogP contribution in [0.3, 0.4) is 0 Å². The zero-order valence-corrected chi connectivity index (χ0v) is 16.3. The summed E-state index contributed by atoms with van der Waals surface area (Å²) in [4.78, 5) is 36.5. The number of hydrogen-bond acceptors (Lipinski definition) is 5. The molecule has 2 aliphatic rings. The van der Waals surface area contributed by atoms with E-state index in [-0.39, 0.29) is 11.7 Å². The Morgan fingerprint density at radius 2 is 2.00 bits per heavy atom. The molecule has 3 aromatic rings. The van der Waals surface area contributed by atoms with Crippen molar-refractivity contribution in [3.8, 4) is 5.75 Å². The third-order valence-corrected chi connectivity index (χ3v) is 6.01. The summed E-state index contributed by atoms with van der Waals surface area (Å²) in [7, 11) is 1.86. The fraction of sp³-hybridized carbons (Fsp3) is 0.364. The summed E-state index contributed by atoms with van der Waals surface area (Å²) in [5.74, 6) is 0.736. The molecule has 2 aromatic heterocycles. The highest BCUT2D eigenvalue weighted by Crippen LogP contribution is 2.39. The minimum Gasteiger partial charge on any atom is -0.486 e. The van der Waals surface area contributed by atoms with Gasteiger partial charge in [0.2, 0.25) is 0 Å². The van der Waals surface area contributed by atoms with Crippen LogP contribution in [0.4, 0.5) is 0 Å². The summed E-state index contributed by atoms with van der Waals surface area (Å²) in [5.41, 5.74) is 2.01. The first-order valence-corrected chi connectivity index (χ1v) is 9.93. The molecule has 0 aliphatic carbocycles. The van der Waals surface area contributed by atoms with Crippen LogP contribution in [0.2, 0.25) is 0 Å². The molecule has 0 saturated carbocycles. The molecule has 7 heteroatoms. The number of carbonyl (C=O) groups excluding carboxylic acids is 2. The minimum atomic E-state index is -0.529. The molecule has 2 aliphatic heterocycles. The van der Waals surface area contributed by atoms with E-state index in [0.29, 0.717) is 54.0 Å². The first kappa shape index (κ1) is 17.8. The van der Waals surface area contributed by atoms with Gasteiger partial charge < -0.3 is 14.2 Å². The zero-order valence-electron chi connectivity index (χ0n) is 16.3. The Kier molecular flexibility index (Phi) is 4.12. The quantitative estimate of drug-likeness (QED) is 0.638. The summed E-state index contributed by atoms with van der Waals surface area (Å²) in [6, 6.07) is 9.16. The number of pyridine rings is 1. The summed E-state index contributed by atoms with van der Waals surface area (Å²) in [5, 5.41) is 0. The van der Waals surface area contributed by atoms with Crippen molar-refractivity contribution in [1.29, 1.82) is 0 Å². The summed E-state index contributed by atoms with van der Waals surface area (Å²) in [6.07, 6.45) is 5.87. The average molecular weight is 390 g/mol. The van der Waals surface area contributed by atoms with E-state index in [2.05, 4.69) is 9.97 Å². The maximum Gasteiger partial charge on any atom is 0.256 e. The van der Waals surface area contributed by atoms with Gasteiger partial charge in [-0.15, -0.1) is 0 Å². The van der Waals surface area contributed by atoms with Gasteiger partial charge in [0.1, 0.15) is 16.9 Å². The Morgan fingerprint density at radius 1 is 1.14 bits per heavy atom. The number of fused-ring (bicyclic) bond motifs is 2. The van der Waals surface area contributed by atoms with Crippen molar-refractivity contribution in [1.82, 2.24) is 19.4 Å². The molecule has 1 amide bonds. The fourth-order valence-electron chi connectivity index (χ4n) is 4.46. The molecular formula is C22H22N4O3. The van der Waals surface area contributed by atoms with Crippen LogP contribution in [0.1, 0.15) is 46.4 Å². The van der Waals surface area contributed by atoms with Crippen molar-refractivity contribution >= 4 is 22.9 Å². The standard InChI is InChI=1S/C22H22N4O3/c1-25-14-24-19-16(7-10-23-20(19)25)21(28)26-11-4-8-22(9-12-26)13-17(27)15-5-2-3-6-18(15)29-22/h2-3,5-7,10,14H,4,8-9,11-13H2,1H3. The van der Waals surface area contributed by atoms with Gasteiger partial charge >= 0.3 is 0 Å². The van der Waals surface area contributed by atoms with Gasteiger partial charge in [-0.25, -0.2) is 9.97 Å². The lowest BCUT2D eigenvalue weighted by molar-refractivity contribution is 0.0300. The maximum absolute atomic E-state index is 13.3. The molecule has 1 saturated heterocycles. The van der Waals surface area contributed by atoms with E-state index in [4.69, 9.17) is 4.74 Å². The lowest BCUT2D eigenvalue weighted by atomic mass is 9.84. The number of para-hydroxylation sites is 1. The monoisotopic (exact) mass is 390 g/mol. The Balaban J connectivity index is 1.39. The number of hydrogen-bond donors (Lipinski definition) is 0. The van der Waals surface area contributed by atoms with Crippen LogP contribution in [0.15, 0.2) is 42.9 Å². The van der Waals surface area contributed by atoms with Crippen molar-refractivity contribution in [2.75, 3.05) is 13.1 Å². The number of ether oxygens (including phenoxy) is 1. The molecule has 0 radical (unpaired) electrons. The van der Waals surface area contributed by atoms with Crippen molar-refractivity contribution in [2.24, 2.45) is 7.05 Å². The molecular weight excluding hydrogens is 368 g/mol. The van der Waals surface area contributed by atoms with Crippen LogP contribution in [-0.4, -0.2) is 49.8 Å². The molecule has 5 rings (SSSR count). The highest BCUT2D eigenvalue weighted by molar-refractivity contribution is 6.04. The van der Waals surface area contributed by atoms with Crippen LogP contribution < -0.4 is 4.74 Å². The van der Waals surface area contributed by atoms with Crippen LogP contribution in [0.5, 0.6) is 5.75 Å². The van der Waals surface area contributed by atoms with E-state index in [1.54, 1.807) is 18.6 Å². The van der Waals surface area contributed by atoms with Gasteiger partial charge in [-0.05, 0) is 31.0 Å². The number of aromatic nitrogens is 3. The van der Waals surface area contributed by atoms with Crippen molar-refractivity contribution < 1.29 is 14.3 Å². The lowest BCUT2D eigenvalue weighted by Crippen LogP contribution is -2.43. The number of Topliss-reactive ketones (excluding diaryl/α,β-unsaturated/α-hetero) is 1. The van der Waals surface area contributed by atoms with Gasteiger partial charge in [-0.3, -0.25) is 9.59 Å². The third kappa shape index (κ3) is 2.97. The second kappa shape index (κ2) is 6.69. The van der Waals surface area contributed by atoms with Gasteiger partial charge in [0, 0.05) is 32.8 Å². The Hall–Kier alpha value is -3.22. The number of ketones is 1. The third-order valence-electron chi connectivity index (χ3n) is 6.01. The Morgan fingerprint density at radius 3 is 2.90 bits per heavy atom. The Labute approximate surface area is 168 Å². The van der Waals surface area contributed by atoms with Crippen LogP contribution in [0.25, 0.3) is 11.2 Å². The maximum atomic E-state index is 13.3. The molecule has 1 fully saturated rings. The number of amides is 1. The van der Waals surface area contributed by atoms with Gasteiger partial charge in [-0.2, -0.15) is 0 Å². The minimum absolute atomic E-state index is 0.0457. The second-order valence-corrected chi connectivity index (χ2v) is 7.91. The lowest BCUT2D eigenvalue weighted by Gasteiger charge is -2.37. The topological polar surface area (TPSA) is 77.3 Å². The second-order valence-electron chi connectivity index (χ2n) is 7.91. The number of likely N-dealkylation sites (tertiary alicyclic amines) is 1. The summed E-state index contributed by atoms with van der Waals surface area (Å²) < 4.78 is 8.14. The van der Waals surface area contributed by atoms with E-state index in [9.17, 15) is 9.59 Å². The summed E-state index contributed by atoms with van der Waals surface area (Å²) in [6.45, 7) is 1.18. The zero-order chi connectivity index (χ0) is 20.0. The van der Waals surface area contributed by atoms with Crippen LogP contribution in [-0.2, 0) is 7.05 Å². The number of imidazole rings is 1. The summed E-state index contributed by atoms with van der Waals surface area (Å²) >= 11 is 0. The van der Waals surface area contributed by atoms with Gasteiger partial charge in [-0.1, -0.05) is 12.1 Å². The fourth-order valence-corrected chi connectivity index (χ4v) is 4.46. The highest BCUT2D eigenvalue weighted by Gasteiger charge is 2.42. The number of nitrogens with zero attached hydrogens (tertiary/aromatic N) is 4. The van der Waals surface area contributed by atoms with Crippen molar-refractivity contribution in [2.45, 2.75) is 31.3 Å². The van der Waals surface area contributed by atoms with E-state index >= 15 is 0 Å². The van der Waals surface area contributed by atoms with Crippen molar-refractivity contribution in [3.05, 3.63) is 54.0 Å². The largest absolute Gasteiger partial charge is 0.486 e. The molecule has 29 heavy (non-hydrogen) atoms. The Bertz CT molecular complexity index is 1120. The predicted octanol–water partition coefficient (Wildman–Crippen LogP) is 3.00. The van der Waals surface area contributed by atoms with Crippen LogP contribution in [0, 0.1) is 0 Å². The molecule has 7 nitrogen and oxygen atoms in total. The van der Waals surface area contributed by atoms with E-state index in [0.717, 1.165) is 12.8 Å². The SMILES string of the molecule is Cn1cnc2c(C(=O)N3CCCC4(CC3)CC(=O)c3ccccc3O4)ccnc21. The molecule has 148 valence electrons. The predicted molar refractivity (Wildman–Crippen MR) is 107 cm³/mol. The van der Waals surface area contributed by atoms with Gasteiger partial charge in [0.25, 0.3) is 5.91 Å². The average Bonchev–Trinajstić information content (AvgIpc) is 2.99. The van der Waals surface area contributed by atoms with Crippen molar-refractivity contribution in [3.63, 3.8) is 0 Å². The molecule has 0 bridgehead atoms. The first-order chi connectivity index (χ1) is 14.1. The molecule has 4 heterocycles.